The molecule has 10 nitrogen and oxygen atoms in total. The summed E-state index contributed by atoms with van der Waals surface area (Å²) in [6, 6.07) is 17.8. The molecular weight excluding hydrogens is 458 g/mol. The molecule has 182 valence electrons. The number of aromatic nitrogens is 4. The summed E-state index contributed by atoms with van der Waals surface area (Å²) in [6.07, 6.45) is 4.95. The van der Waals surface area contributed by atoms with Gasteiger partial charge in [-0.05, 0) is 36.8 Å². The Labute approximate surface area is 208 Å². The van der Waals surface area contributed by atoms with Crippen LogP contribution in [0.4, 0.5) is 33.6 Å². The molecule has 0 fully saturated rings. The molecule has 0 saturated carbocycles. The number of hydrogen-bond donors (Lipinski definition) is 2. The second-order valence-corrected chi connectivity index (χ2v) is 7.78. The zero-order valence-corrected chi connectivity index (χ0v) is 19.8. The largest absolute Gasteiger partial charge is 0.441 e. The Hall–Kier alpha value is -4.99. The molecule has 2 heterocycles. The van der Waals surface area contributed by atoms with Gasteiger partial charge in [0.15, 0.2) is 0 Å². The van der Waals surface area contributed by atoms with Gasteiger partial charge in [0.2, 0.25) is 11.9 Å². The number of anilines is 5. The van der Waals surface area contributed by atoms with E-state index in [-0.39, 0.29) is 17.7 Å². The lowest BCUT2D eigenvalue weighted by atomic mass is 10.1. The van der Waals surface area contributed by atoms with E-state index < -0.39 is 12.2 Å². The molecule has 0 bridgehead atoms. The van der Waals surface area contributed by atoms with Crippen LogP contribution in [0.15, 0.2) is 91.9 Å². The zero-order chi connectivity index (χ0) is 25.5. The molecule has 0 aliphatic heterocycles. The maximum Gasteiger partial charge on any atom is 0.420 e. The van der Waals surface area contributed by atoms with Gasteiger partial charge >= 0.3 is 6.09 Å². The lowest BCUT2D eigenvalue weighted by molar-refractivity contribution is -0.111. The minimum absolute atomic E-state index is 0.269. The number of amides is 2. The number of carbonyl (C=O) groups is 2. The Bertz CT molecular complexity index is 1370. The highest BCUT2D eigenvalue weighted by molar-refractivity contribution is 6.00. The molecular formula is C26H25N7O3. The highest BCUT2D eigenvalue weighted by atomic mass is 16.6. The van der Waals surface area contributed by atoms with Crippen molar-refractivity contribution in [3.8, 4) is 0 Å². The molecule has 0 aliphatic rings. The molecule has 4 rings (SSSR count). The van der Waals surface area contributed by atoms with Crippen molar-refractivity contribution in [1.29, 1.82) is 0 Å². The van der Waals surface area contributed by atoms with E-state index >= 15 is 0 Å². The smallest absolute Gasteiger partial charge is 0.420 e. The third kappa shape index (κ3) is 5.92. The normalized spacial score (nSPS) is 11.3. The van der Waals surface area contributed by atoms with Crippen LogP contribution >= 0.6 is 0 Å². The lowest BCUT2D eigenvalue weighted by Gasteiger charge is -2.24. The van der Waals surface area contributed by atoms with Crippen LogP contribution in [0.25, 0.3) is 0 Å². The van der Waals surface area contributed by atoms with Gasteiger partial charge in [0.1, 0.15) is 11.9 Å². The summed E-state index contributed by atoms with van der Waals surface area (Å²) in [6.45, 7) is 5.26. The zero-order valence-electron chi connectivity index (χ0n) is 19.8. The van der Waals surface area contributed by atoms with Gasteiger partial charge in [-0.25, -0.2) is 14.7 Å². The first kappa shape index (κ1) is 24.1. The maximum absolute atomic E-state index is 13.5. The summed E-state index contributed by atoms with van der Waals surface area (Å²) in [7, 11) is 1.80. The van der Waals surface area contributed by atoms with Gasteiger partial charge in [-0.15, -0.1) is 0 Å². The summed E-state index contributed by atoms with van der Waals surface area (Å²) < 4.78 is 7.44. The van der Waals surface area contributed by atoms with Crippen molar-refractivity contribution in [2.45, 2.75) is 13.0 Å². The molecule has 36 heavy (non-hydrogen) atoms. The van der Waals surface area contributed by atoms with Crippen LogP contribution < -0.4 is 15.5 Å². The highest BCUT2D eigenvalue weighted by Crippen LogP contribution is 2.30. The van der Waals surface area contributed by atoms with Crippen LogP contribution in [0.1, 0.15) is 18.6 Å². The number of aryl methyl sites for hydroxylation is 1. The molecule has 0 radical (unpaired) electrons. The van der Waals surface area contributed by atoms with Gasteiger partial charge in [-0.3, -0.25) is 9.48 Å². The third-order valence-corrected chi connectivity index (χ3v) is 5.12. The van der Waals surface area contributed by atoms with Crippen molar-refractivity contribution in [2.75, 3.05) is 15.5 Å². The molecule has 2 amide bonds. The quantitative estimate of drug-likeness (QED) is 0.335. The molecule has 1 atom stereocenters. The van der Waals surface area contributed by atoms with E-state index in [9.17, 15) is 9.59 Å². The highest BCUT2D eigenvalue weighted by Gasteiger charge is 2.24. The monoisotopic (exact) mass is 483 g/mol. The number of nitrogens with zero attached hydrogens (tertiary/aromatic N) is 5. The van der Waals surface area contributed by atoms with E-state index in [1.54, 1.807) is 61.4 Å². The predicted molar refractivity (Wildman–Crippen MR) is 137 cm³/mol. The van der Waals surface area contributed by atoms with Crippen molar-refractivity contribution in [2.24, 2.45) is 7.05 Å². The molecule has 0 aliphatic carbocycles. The molecule has 0 spiro atoms. The van der Waals surface area contributed by atoms with Crippen molar-refractivity contribution in [3.63, 3.8) is 0 Å². The predicted octanol–water partition coefficient (Wildman–Crippen LogP) is 5.11. The lowest BCUT2D eigenvalue weighted by Crippen LogP contribution is -2.29. The number of nitrogens with one attached hydrogen (secondary N) is 2. The van der Waals surface area contributed by atoms with Gasteiger partial charge in [-0.2, -0.15) is 10.1 Å². The van der Waals surface area contributed by atoms with Crippen molar-refractivity contribution in [1.82, 2.24) is 19.7 Å². The average molecular weight is 484 g/mol. The second-order valence-electron chi connectivity index (χ2n) is 7.78. The van der Waals surface area contributed by atoms with E-state index in [1.807, 2.05) is 30.3 Å². The van der Waals surface area contributed by atoms with E-state index in [0.717, 1.165) is 5.56 Å². The fourth-order valence-corrected chi connectivity index (χ4v) is 3.39. The van der Waals surface area contributed by atoms with Gasteiger partial charge < -0.3 is 15.4 Å². The van der Waals surface area contributed by atoms with Crippen molar-refractivity contribution in [3.05, 3.63) is 97.5 Å². The minimum atomic E-state index is -0.649. The van der Waals surface area contributed by atoms with Gasteiger partial charge in [0.05, 0.1) is 17.6 Å². The summed E-state index contributed by atoms with van der Waals surface area (Å²) in [4.78, 5) is 35.4. The maximum atomic E-state index is 13.5. The number of carbonyl (C=O) groups excluding carboxylic acids is 2. The van der Waals surface area contributed by atoms with Gasteiger partial charge in [-0.1, -0.05) is 43.0 Å². The Morgan fingerprint density at radius 2 is 1.92 bits per heavy atom. The topological polar surface area (TPSA) is 114 Å². The fraction of sp³-hybridized carbons (Fsp3) is 0.115. The first-order valence-corrected chi connectivity index (χ1v) is 11.1. The summed E-state index contributed by atoms with van der Waals surface area (Å²) in [5.41, 5.74) is 2.46. The first-order valence-electron chi connectivity index (χ1n) is 11.1. The van der Waals surface area contributed by atoms with Crippen LogP contribution in [0.5, 0.6) is 0 Å². The molecule has 10 heteroatoms. The number of benzene rings is 2. The fourth-order valence-electron chi connectivity index (χ4n) is 3.39. The Kier molecular flexibility index (Phi) is 7.35. The van der Waals surface area contributed by atoms with E-state index in [4.69, 9.17) is 4.74 Å². The average Bonchev–Trinajstić information content (AvgIpc) is 3.29. The molecule has 2 N–H and O–H groups in total. The molecule has 2 aromatic carbocycles. The SMILES string of the molecule is C=CC(=O)Nc1cccc(N(C(=O)O[C@H](C)c2ccccc2)c2ccnc(Nc3cnn(C)c3)n2)c1. The number of rotatable bonds is 8. The molecule has 2 aromatic heterocycles. The van der Waals surface area contributed by atoms with Crippen LogP contribution in [0, 0.1) is 0 Å². The Morgan fingerprint density at radius 1 is 1.11 bits per heavy atom. The first-order chi connectivity index (χ1) is 17.4. The van der Waals surface area contributed by atoms with E-state index in [2.05, 4.69) is 32.3 Å². The Balaban J connectivity index is 1.68. The summed E-state index contributed by atoms with van der Waals surface area (Å²) in [5.74, 6) is 0.170. The molecule has 4 aromatic rings. The van der Waals surface area contributed by atoms with Crippen LogP contribution in [0.3, 0.4) is 0 Å². The van der Waals surface area contributed by atoms with Crippen LogP contribution in [-0.2, 0) is 16.6 Å². The van der Waals surface area contributed by atoms with Crippen LogP contribution in [-0.4, -0.2) is 31.7 Å². The molecule has 0 saturated heterocycles. The standard InChI is InChI=1S/C26H25N7O3/c1-4-24(34)29-20-11-8-12-22(15-20)33(26(35)36-18(2)19-9-6-5-7-10-19)23-13-14-27-25(31-23)30-21-16-28-32(3)17-21/h4-18H,1H2,2-3H3,(H,29,34)(H,27,30,31)/t18-/m1/s1. The second kappa shape index (κ2) is 11.0. The van der Waals surface area contributed by atoms with Crippen LogP contribution in [0.2, 0.25) is 0 Å². The number of hydrogen-bond acceptors (Lipinski definition) is 7. The van der Waals surface area contributed by atoms with E-state index in [0.29, 0.717) is 17.1 Å². The van der Waals surface area contributed by atoms with E-state index in [1.165, 1.54) is 17.2 Å². The summed E-state index contributed by atoms with van der Waals surface area (Å²) >= 11 is 0. The summed E-state index contributed by atoms with van der Waals surface area (Å²) in [5, 5.41) is 9.89. The molecule has 0 unspecified atom stereocenters. The van der Waals surface area contributed by atoms with Crippen molar-refractivity contribution < 1.29 is 14.3 Å². The minimum Gasteiger partial charge on any atom is -0.441 e. The third-order valence-electron chi connectivity index (χ3n) is 5.12. The Morgan fingerprint density at radius 3 is 2.64 bits per heavy atom. The van der Waals surface area contributed by atoms with Crippen molar-refractivity contribution >= 4 is 40.8 Å². The van der Waals surface area contributed by atoms with Gasteiger partial charge in [0.25, 0.3) is 0 Å². The van der Waals surface area contributed by atoms with Gasteiger partial charge in [0, 0.05) is 31.2 Å². The number of ether oxygens (including phenoxy) is 1.